The molecule has 0 heterocycles. The molecule has 0 aliphatic carbocycles. The van der Waals surface area contributed by atoms with E-state index in [-0.39, 0.29) is 35.6 Å². The summed E-state index contributed by atoms with van der Waals surface area (Å²) in [5, 5.41) is 2.91. The van der Waals surface area contributed by atoms with Crippen LogP contribution in [0.1, 0.15) is 39.3 Å². The molecule has 1 unspecified atom stereocenters. The van der Waals surface area contributed by atoms with Crippen LogP contribution in [0.2, 0.25) is 0 Å². The predicted octanol–water partition coefficient (Wildman–Crippen LogP) is 2.80. The van der Waals surface area contributed by atoms with Gasteiger partial charge in [0, 0.05) is 0 Å². The van der Waals surface area contributed by atoms with Crippen molar-refractivity contribution in [2.75, 3.05) is 0 Å². The molecule has 0 radical (unpaired) electrons. The highest BCUT2D eigenvalue weighted by Crippen LogP contribution is 2.32. The van der Waals surface area contributed by atoms with Crippen LogP contribution in [0.3, 0.4) is 0 Å². The fraction of sp³-hybridized carbons (Fsp3) is 0.500. The average Bonchev–Trinajstić information content (AvgIpc) is 2.25. The van der Waals surface area contributed by atoms with Crippen molar-refractivity contribution < 1.29 is 9.18 Å². The van der Waals surface area contributed by atoms with E-state index in [2.05, 4.69) is 5.32 Å². The average molecular weight is 289 g/mol. The molecule has 0 aromatic heterocycles. The van der Waals surface area contributed by atoms with E-state index in [1.54, 1.807) is 19.1 Å². The van der Waals surface area contributed by atoms with Gasteiger partial charge in [-0.2, -0.15) is 0 Å². The highest BCUT2D eigenvalue weighted by atomic mass is 35.5. The molecular formula is C14H22ClFN2O. The van der Waals surface area contributed by atoms with Gasteiger partial charge in [0.25, 0.3) is 0 Å². The fourth-order valence-corrected chi connectivity index (χ4v) is 1.73. The van der Waals surface area contributed by atoms with E-state index in [9.17, 15) is 9.18 Å². The number of rotatable bonds is 3. The Morgan fingerprint density at radius 1 is 1.26 bits per heavy atom. The van der Waals surface area contributed by atoms with E-state index in [4.69, 9.17) is 5.73 Å². The first-order valence-corrected chi connectivity index (χ1v) is 6.03. The Balaban J connectivity index is 0.00000324. The second-order valence-corrected chi connectivity index (χ2v) is 5.65. The first-order valence-electron chi connectivity index (χ1n) is 6.03. The second kappa shape index (κ2) is 6.87. The fourth-order valence-electron chi connectivity index (χ4n) is 1.73. The lowest BCUT2D eigenvalue weighted by molar-refractivity contribution is -0.123. The third-order valence-electron chi connectivity index (χ3n) is 2.77. The van der Waals surface area contributed by atoms with Crippen LogP contribution in [-0.2, 0) is 4.79 Å². The molecule has 0 aliphatic heterocycles. The predicted molar refractivity (Wildman–Crippen MR) is 77.6 cm³/mol. The zero-order chi connectivity index (χ0) is 13.9. The van der Waals surface area contributed by atoms with E-state index < -0.39 is 6.04 Å². The van der Waals surface area contributed by atoms with Crippen molar-refractivity contribution in [2.24, 2.45) is 11.1 Å². The molecule has 108 valence electrons. The van der Waals surface area contributed by atoms with Crippen LogP contribution in [0.15, 0.2) is 24.3 Å². The molecule has 0 spiro atoms. The van der Waals surface area contributed by atoms with Crippen LogP contribution >= 0.6 is 12.4 Å². The van der Waals surface area contributed by atoms with Gasteiger partial charge in [-0.3, -0.25) is 4.79 Å². The summed E-state index contributed by atoms with van der Waals surface area (Å²) >= 11 is 0. The van der Waals surface area contributed by atoms with Gasteiger partial charge in [-0.1, -0.05) is 32.9 Å². The Morgan fingerprint density at radius 3 is 2.11 bits per heavy atom. The third-order valence-corrected chi connectivity index (χ3v) is 2.77. The summed E-state index contributed by atoms with van der Waals surface area (Å²) in [5.74, 6) is -0.496. The third kappa shape index (κ3) is 5.17. The summed E-state index contributed by atoms with van der Waals surface area (Å²) in [6, 6.07) is 5.41. The maximum Gasteiger partial charge on any atom is 0.237 e. The summed E-state index contributed by atoms with van der Waals surface area (Å²) in [7, 11) is 0. The van der Waals surface area contributed by atoms with Gasteiger partial charge >= 0.3 is 0 Å². The number of carbonyl (C=O) groups is 1. The number of hydrogen-bond acceptors (Lipinski definition) is 2. The lowest BCUT2D eigenvalue weighted by Crippen LogP contribution is -2.44. The Bertz CT molecular complexity index is 412. The van der Waals surface area contributed by atoms with Crippen molar-refractivity contribution in [1.29, 1.82) is 0 Å². The molecule has 1 aromatic rings. The SMILES string of the molecule is C[C@@H](N)C(=O)NC(c1ccc(F)cc1)C(C)(C)C.Cl. The van der Waals surface area contributed by atoms with Gasteiger partial charge in [-0.25, -0.2) is 4.39 Å². The molecule has 0 bridgehead atoms. The summed E-state index contributed by atoms with van der Waals surface area (Å²) < 4.78 is 12.9. The van der Waals surface area contributed by atoms with Crippen LogP contribution in [0.25, 0.3) is 0 Å². The Kier molecular flexibility index (Phi) is 6.46. The Labute approximate surface area is 120 Å². The lowest BCUT2D eigenvalue weighted by Gasteiger charge is -2.32. The smallest absolute Gasteiger partial charge is 0.237 e. The molecule has 0 fully saturated rings. The van der Waals surface area contributed by atoms with Gasteiger partial charge in [0.1, 0.15) is 5.82 Å². The molecule has 5 heteroatoms. The Morgan fingerprint density at radius 2 is 1.74 bits per heavy atom. The molecule has 0 aliphatic rings. The molecule has 3 N–H and O–H groups in total. The molecule has 1 rings (SSSR count). The molecule has 3 nitrogen and oxygen atoms in total. The molecular weight excluding hydrogens is 267 g/mol. The quantitative estimate of drug-likeness (QED) is 0.898. The van der Waals surface area contributed by atoms with Crippen LogP contribution in [0.5, 0.6) is 0 Å². The highest BCUT2D eigenvalue weighted by Gasteiger charge is 2.28. The van der Waals surface area contributed by atoms with E-state index in [0.29, 0.717) is 0 Å². The summed E-state index contributed by atoms with van der Waals surface area (Å²) in [5.41, 5.74) is 6.25. The van der Waals surface area contributed by atoms with Crippen molar-refractivity contribution in [2.45, 2.75) is 39.8 Å². The van der Waals surface area contributed by atoms with E-state index in [0.717, 1.165) is 5.56 Å². The van der Waals surface area contributed by atoms with Crippen molar-refractivity contribution in [1.82, 2.24) is 5.32 Å². The normalized spacial score (nSPS) is 14.2. The van der Waals surface area contributed by atoms with Gasteiger partial charge in [-0.15, -0.1) is 12.4 Å². The second-order valence-electron chi connectivity index (χ2n) is 5.65. The topological polar surface area (TPSA) is 55.1 Å². The number of carbonyl (C=O) groups excluding carboxylic acids is 1. The van der Waals surface area contributed by atoms with Crippen LogP contribution < -0.4 is 11.1 Å². The zero-order valence-electron chi connectivity index (χ0n) is 11.7. The Hall–Kier alpha value is -1.13. The van der Waals surface area contributed by atoms with Gasteiger partial charge in [0.05, 0.1) is 12.1 Å². The van der Waals surface area contributed by atoms with Gasteiger partial charge in [-0.05, 0) is 30.0 Å². The first-order chi connectivity index (χ1) is 8.21. The molecule has 2 atom stereocenters. The number of halogens is 2. The number of nitrogens with two attached hydrogens (primary N) is 1. The molecule has 1 aromatic carbocycles. The number of hydrogen-bond donors (Lipinski definition) is 2. The molecule has 0 saturated heterocycles. The molecule has 0 saturated carbocycles. The minimum atomic E-state index is -0.560. The van der Waals surface area contributed by atoms with Crippen LogP contribution in [0.4, 0.5) is 4.39 Å². The minimum Gasteiger partial charge on any atom is -0.347 e. The monoisotopic (exact) mass is 288 g/mol. The molecule has 1 amide bonds. The first kappa shape index (κ1) is 17.9. The van der Waals surface area contributed by atoms with E-state index in [1.807, 2.05) is 20.8 Å². The lowest BCUT2D eigenvalue weighted by atomic mass is 9.82. The van der Waals surface area contributed by atoms with Crippen molar-refractivity contribution >= 4 is 18.3 Å². The zero-order valence-corrected chi connectivity index (χ0v) is 12.6. The van der Waals surface area contributed by atoms with Crippen molar-refractivity contribution in [3.8, 4) is 0 Å². The maximum absolute atomic E-state index is 12.9. The highest BCUT2D eigenvalue weighted by molar-refractivity contribution is 5.85. The summed E-state index contributed by atoms with van der Waals surface area (Å²) in [4.78, 5) is 11.7. The van der Waals surface area contributed by atoms with Crippen LogP contribution in [-0.4, -0.2) is 11.9 Å². The number of benzene rings is 1. The summed E-state index contributed by atoms with van der Waals surface area (Å²) in [6.07, 6.45) is 0. The van der Waals surface area contributed by atoms with Gasteiger partial charge in [0.15, 0.2) is 0 Å². The van der Waals surface area contributed by atoms with Gasteiger partial charge in [0.2, 0.25) is 5.91 Å². The van der Waals surface area contributed by atoms with Crippen LogP contribution in [0, 0.1) is 11.2 Å². The number of nitrogens with one attached hydrogen (secondary N) is 1. The van der Waals surface area contributed by atoms with E-state index in [1.165, 1.54) is 12.1 Å². The standard InChI is InChI=1S/C14H21FN2O.ClH/c1-9(16)13(18)17-12(14(2,3)4)10-5-7-11(15)8-6-10;/h5-9,12H,16H2,1-4H3,(H,17,18);1H/t9-,12?;/m1./s1. The number of amides is 1. The molecule has 19 heavy (non-hydrogen) atoms. The minimum absolute atomic E-state index is 0. The van der Waals surface area contributed by atoms with Gasteiger partial charge < -0.3 is 11.1 Å². The maximum atomic E-state index is 12.9. The largest absolute Gasteiger partial charge is 0.347 e. The van der Waals surface area contributed by atoms with Crippen molar-refractivity contribution in [3.63, 3.8) is 0 Å². The van der Waals surface area contributed by atoms with E-state index >= 15 is 0 Å². The van der Waals surface area contributed by atoms with Crippen molar-refractivity contribution in [3.05, 3.63) is 35.6 Å². The summed E-state index contributed by atoms with van der Waals surface area (Å²) in [6.45, 7) is 7.69.